The van der Waals surface area contributed by atoms with E-state index in [0.29, 0.717) is 25.4 Å². The quantitative estimate of drug-likeness (QED) is 0.674. The van der Waals surface area contributed by atoms with Crippen LogP contribution in [0.15, 0.2) is 0 Å². The van der Waals surface area contributed by atoms with Crippen LogP contribution in [0.2, 0.25) is 0 Å². The first-order valence-corrected chi connectivity index (χ1v) is 11.3. The van der Waals surface area contributed by atoms with E-state index in [-0.39, 0.29) is 11.9 Å². The molecule has 146 valence electrons. The Hall–Kier alpha value is -0.700. The Morgan fingerprint density at radius 2 is 1.84 bits per heavy atom. The Bertz CT molecular complexity index is 530. The van der Waals surface area contributed by atoms with Crippen LogP contribution in [-0.2, 0) is 19.6 Å². The second kappa shape index (κ2) is 9.30. The molecule has 0 aromatic rings. The minimum absolute atomic E-state index is 0.160. The van der Waals surface area contributed by atoms with Gasteiger partial charge >= 0.3 is 0 Å². The summed E-state index contributed by atoms with van der Waals surface area (Å²) in [5.74, 6) is 0.347. The molecule has 2 unspecified atom stereocenters. The monoisotopic (exact) mass is 375 g/mol. The Labute approximate surface area is 152 Å². The number of carbonyl (C=O) groups excluding carboxylic acids is 1. The van der Waals surface area contributed by atoms with Gasteiger partial charge in [-0.3, -0.25) is 9.69 Å². The number of amides is 1. The Kier molecular flexibility index (Phi) is 7.67. The van der Waals surface area contributed by atoms with E-state index in [1.807, 2.05) is 0 Å². The highest BCUT2D eigenvalue weighted by Crippen LogP contribution is 2.22. The predicted octanol–water partition coefficient (Wildman–Crippen LogP) is 0.664. The van der Waals surface area contributed by atoms with Crippen LogP contribution in [0.1, 0.15) is 39.5 Å². The molecule has 2 saturated heterocycles. The standard InChI is InChI=1S/C17H33N3O4S/c1-4-14(5-2)16(19-9-11-24-12-10-19)13-18-17(21)15-7-6-8-20(15)25(3,22)23/h14-16H,4-13H2,1-3H3,(H,18,21). The van der Waals surface area contributed by atoms with Crippen LogP contribution in [0.4, 0.5) is 0 Å². The molecule has 0 aliphatic carbocycles. The maximum Gasteiger partial charge on any atom is 0.238 e. The molecule has 0 spiro atoms. The fourth-order valence-electron chi connectivity index (χ4n) is 4.06. The summed E-state index contributed by atoms with van der Waals surface area (Å²) >= 11 is 0. The largest absolute Gasteiger partial charge is 0.379 e. The lowest BCUT2D eigenvalue weighted by Crippen LogP contribution is -2.54. The SMILES string of the molecule is CCC(CC)C(CNC(=O)C1CCCN1S(C)(=O)=O)N1CCOCC1. The maximum absolute atomic E-state index is 12.6. The third kappa shape index (κ3) is 5.39. The zero-order chi connectivity index (χ0) is 18.4. The van der Waals surface area contributed by atoms with Crippen molar-refractivity contribution < 1.29 is 17.9 Å². The molecule has 1 amide bonds. The summed E-state index contributed by atoms with van der Waals surface area (Å²) in [6, 6.07) is -0.280. The maximum atomic E-state index is 12.6. The van der Waals surface area contributed by atoms with Crippen LogP contribution in [0, 0.1) is 5.92 Å². The molecule has 0 aromatic heterocycles. The van der Waals surface area contributed by atoms with Crippen LogP contribution in [-0.4, -0.2) is 81.3 Å². The smallest absolute Gasteiger partial charge is 0.238 e. The number of carbonyl (C=O) groups is 1. The molecule has 1 N–H and O–H groups in total. The summed E-state index contributed by atoms with van der Waals surface area (Å²) in [7, 11) is -3.34. The van der Waals surface area contributed by atoms with Gasteiger partial charge < -0.3 is 10.1 Å². The van der Waals surface area contributed by atoms with Crippen LogP contribution in [0.25, 0.3) is 0 Å². The molecule has 25 heavy (non-hydrogen) atoms. The van der Waals surface area contributed by atoms with Crippen molar-refractivity contribution in [2.75, 3.05) is 45.6 Å². The van der Waals surface area contributed by atoms with E-state index in [1.165, 1.54) is 10.6 Å². The van der Waals surface area contributed by atoms with E-state index in [0.717, 1.165) is 45.6 Å². The Morgan fingerprint density at radius 3 is 2.40 bits per heavy atom. The summed E-state index contributed by atoms with van der Waals surface area (Å²) in [5, 5.41) is 3.05. The van der Waals surface area contributed by atoms with Crippen LogP contribution < -0.4 is 5.32 Å². The fourth-order valence-corrected chi connectivity index (χ4v) is 5.18. The highest BCUT2D eigenvalue weighted by Gasteiger charge is 2.37. The van der Waals surface area contributed by atoms with E-state index in [2.05, 4.69) is 24.1 Å². The van der Waals surface area contributed by atoms with Crippen LogP contribution in [0.5, 0.6) is 0 Å². The number of nitrogens with zero attached hydrogens (tertiary/aromatic N) is 2. The van der Waals surface area contributed by atoms with Gasteiger partial charge in [-0.25, -0.2) is 8.42 Å². The summed E-state index contributed by atoms with van der Waals surface area (Å²) in [5.41, 5.74) is 0. The molecule has 2 atom stereocenters. The van der Waals surface area contributed by atoms with Crippen molar-refractivity contribution in [3.05, 3.63) is 0 Å². The van der Waals surface area contributed by atoms with E-state index < -0.39 is 16.1 Å². The molecule has 0 aromatic carbocycles. The third-order valence-electron chi connectivity index (χ3n) is 5.53. The lowest BCUT2D eigenvalue weighted by Gasteiger charge is -2.39. The second-order valence-electron chi connectivity index (χ2n) is 7.07. The minimum atomic E-state index is -3.34. The van der Waals surface area contributed by atoms with Crippen molar-refractivity contribution in [2.24, 2.45) is 5.92 Å². The molecule has 2 heterocycles. The first-order valence-electron chi connectivity index (χ1n) is 9.44. The van der Waals surface area contributed by atoms with Gasteiger partial charge in [-0.05, 0) is 18.8 Å². The number of hydrogen-bond donors (Lipinski definition) is 1. The van der Waals surface area contributed by atoms with Crippen LogP contribution >= 0.6 is 0 Å². The topological polar surface area (TPSA) is 79.0 Å². The first kappa shape index (κ1) is 20.6. The first-order chi connectivity index (χ1) is 11.9. The van der Waals surface area contributed by atoms with E-state index in [1.54, 1.807) is 0 Å². The predicted molar refractivity (Wildman–Crippen MR) is 97.8 cm³/mol. The molecule has 2 aliphatic rings. The van der Waals surface area contributed by atoms with Crippen LogP contribution in [0.3, 0.4) is 0 Å². The number of nitrogens with one attached hydrogen (secondary N) is 1. The fraction of sp³-hybridized carbons (Fsp3) is 0.941. The number of morpholine rings is 1. The molecule has 2 rings (SSSR count). The molecular weight excluding hydrogens is 342 g/mol. The molecular formula is C17H33N3O4S. The van der Waals surface area contributed by atoms with Gasteiger partial charge in [0.15, 0.2) is 0 Å². The van der Waals surface area contributed by atoms with Gasteiger partial charge in [0.2, 0.25) is 15.9 Å². The Morgan fingerprint density at radius 1 is 1.20 bits per heavy atom. The Balaban J connectivity index is 2.00. The van der Waals surface area contributed by atoms with Crippen molar-refractivity contribution in [3.8, 4) is 0 Å². The van der Waals surface area contributed by atoms with Gasteiger partial charge in [0.25, 0.3) is 0 Å². The normalized spacial score (nSPS) is 24.6. The number of rotatable bonds is 8. The molecule has 8 heteroatoms. The average Bonchev–Trinajstić information content (AvgIpc) is 3.09. The van der Waals surface area contributed by atoms with Crippen molar-refractivity contribution in [1.29, 1.82) is 0 Å². The lowest BCUT2D eigenvalue weighted by atomic mass is 9.92. The van der Waals surface area contributed by atoms with Gasteiger partial charge in [-0.1, -0.05) is 26.7 Å². The molecule has 2 aliphatic heterocycles. The molecule has 7 nitrogen and oxygen atoms in total. The molecule has 0 saturated carbocycles. The average molecular weight is 376 g/mol. The van der Waals surface area contributed by atoms with Gasteiger partial charge in [0.05, 0.1) is 19.5 Å². The van der Waals surface area contributed by atoms with Crippen molar-refractivity contribution in [3.63, 3.8) is 0 Å². The van der Waals surface area contributed by atoms with E-state index >= 15 is 0 Å². The molecule has 2 fully saturated rings. The zero-order valence-corrected chi connectivity index (χ0v) is 16.6. The van der Waals surface area contributed by atoms with Gasteiger partial charge in [0.1, 0.15) is 6.04 Å². The number of sulfonamides is 1. The van der Waals surface area contributed by atoms with E-state index in [4.69, 9.17) is 4.74 Å². The lowest BCUT2D eigenvalue weighted by molar-refractivity contribution is -0.124. The highest BCUT2D eigenvalue weighted by molar-refractivity contribution is 7.88. The number of ether oxygens (including phenoxy) is 1. The highest BCUT2D eigenvalue weighted by atomic mass is 32.2. The molecule has 0 bridgehead atoms. The summed E-state index contributed by atoms with van der Waals surface area (Å²) < 4.78 is 30.5. The van der Waals surface area contributed by atoms with E-state index in [9.17, 15) is 13.2 Å². The minimum Gasteiger partial charge on any atom is -0.379 e. The van der Waals surface area contributed by atoms with Crippen molar-refractivity contribution in [2.45, 2.75) is 51.6 Å². The van der Waals surface area contributed by atoms with Crippen molar-refractivity contribution in [1.82, 2.24) is 14.5 Å². The second-order valence-corrected chi connectivity index (χ2v) is 9.00. The summed E-state index contributed by atoms with van der Waals surface area (Å²) in [6.45, 7) is 8.61. The summed E-state index contributed by atoms with van der Waals surface area (Å²) in [6.07, 6.45) is 4.65. The molecule has 0 radical (unpaired) electrons. The third-order valence-corrected chi connectivity index (χ3v) is 6.81. The van der Waals surface area contributed by atoms with Crippen molar-refractivity contribution >= 4 is 15.9 Å². The van der Waals surface area contributed by atoms with Gasteiger partial charge in [-0.15, -0.1) is 0 Å². The summed E-state index contributed by atoms with van der Waals surface area (Å²) in [4.78, 5) is 15.0. The zero-order valence-electron chi connectivity index (χ0n) is 15.7. The number of hydrogen-bond acceptors (Lipinski definition) is 5. The van der Waals surface area contributed by atoms with Gasteiger partial charge in [0, 0.05) is 32.2 Å². The van der Waals surface area contributed by atoms with Gasteiger partial charge in [-0.2, -0.15) is 4.31 Å².